The van der Waals surface area contributed by atoms with E-state index in [-0.39, 0.29) is 17.6 Å². The Kier molecular flexibility index (Phi) is 8.39. The van der Waals surface area contributed by atoms with Crippen LogP contribution in [0.25, 0.3) is 0 Å². The van der Waals surface area contributed by atoms with E-state index in [2.05, 4.69) is 10.6 Å². The highest BCUT2D eigenvalue weighted by molar-refractivity contribution is 7.92. The van der Waals surface area contributed by atoms with Gasteiger partial charge >= 0.3 is 0 Å². The van der Waals surface area contributed by atoms with Gasteiger partial charge in [-0.15, -0.1) is 0 Å². The van der Waals surface area contributed by atoms with Gasteiger partial charge in [-0.1, -0.05) is 44.2 Å². The first kappa shape index (κ1) is 22.6. The van der Waals surface area contributed by atoms with Crippen LogP contribution in [0.2, 0.25) is 0 Å². The molecule has 0 unspecified atom stereocenters. The number of rotatable bonds is 10. The van der Waals surface area contributed by atoms with Crippen molar-refractivity contribution in [3.05, 3.63) is 60.2 Å². The van der Waals surface area contributed by atoms with E-state index in [1.165, 1.54) is 0 Å². The second kappa shape index (κ2) is 10.8. The summed E-state index contributed by atoms with van der Waals surface area (Å²) in [5.74, 6) is -0.951. The standard InChI is InChI=1S/C22H28N2O4S/c1-17(2)15-21(25)23-19-10-12-20(13-11-19)24-22(26)16-29(27,28)14-6-9-18-7-4-3-5-8-18/h3-5,7-8,10-13,17H,6,9,14-16H2,1-2H3,(H,23,25)(H,24,26). The first-order chi connectivity index (χ1) is 13.7. The zero-order chi connectivity index (χ0) is 21.3. The van der Waals surface area contributed by atoms with E-state index in [1.807, 2.05) is 44.2 Å². The molecule has 6 nitrogen and oxygen atoms in total. The number of amides is 2. The van der Waals surface area contributed by atoms with Gasteiger partial charge in [0.15, 0.2) is 9.84 Å². The molecule has 7 heteroatoms. The maximum atomic E-state index is 12.2. The van der Waals surface area contributed by atoms with Gasteiger partial charge in [0.2, 0.25) is 11.8 Å². The van der Waals surface area contributed by atoms with Gasteiger partial charge in [0.25, 0.3) is 0 Å². The van der Waals surface area contributed by atoms with Crippen LogP contribution in [0.3, 0.4) is 0 Å². The molecular weight excluding hydrogens is 388 g/mol. The Bertz CT molecular complexity index is 908. The van der Waals surface area contributed by atoms with E-state index in [9.17, 15) is 18.0 Å². The minimum Gasteiger partial charge on any atom is -0.326 e. The van der Waals surface area contributed by atoms with Gasteiger partial charge in [-0.05, 0) is 48.6 Å². The molecule has 2 aromatic carbocycles. The van der Waals surface area contributed by atoms with Gasteiger partial charge in [0, 0.05) is 17.8 Å². The van der Waals surface area contributed by atoms with Crippen LogP contribution in [0.4, 0.5) is 11.4 Å². The number of nitrogens with one attached hydrogen (secondary N) is 2. The lowest BCUT2D eigenvalue weighted by Crippen LogP contribution is -2.25. The number of hydrogen-bond donors (Lipinski definition) is 2. The number of hydrogen-bond acceptors (Lipinski definition) is 4. The van der Waals surface area contributed by atoms with Crippen LogP contribution in [0.1, 0.15) is 32.3 Å². The molecule has 0 saturated heterocycles. The summed E-state index contributed by atoms with van der Waals surface area (Å²) in [6, 6.07) is 16.2. The molecular formula is C22H28N2O4S. The van der Waals surface area contributed by atoms with Crippen LogP contribution in [-0.4, -0.2) is 31.7 Å². The Hall–Kier alpha value is -2.67. The van der Waals surface area contributed by atoms with Crippen LogP contribution in [-0.2, 0) is 25.8 Å². The molecule has 156 valence electrons. The average Bonchev–Trinajstić information content (AvgIpc) is 2.63. The molecule has 2 amide bonds. The first-order valence-electron chi connectivity index (χ1n) is 9.67. The van der Waals surface area contributed by atoms with Crippen molar-refractivity contribution in [1.82, 2.24) is 0 Å². The topological polar surface area (TPSA) is 92.3 Å². The molecule has 0 aliphatic rings. The molecule has 0 bridgehead atoms. The average molecular weight is 417 g/mol. The Labute approximate surface area is 172 Å². The number of anilines is 2. The number of aryl methyl sites for hydroxylation is 1. The third-order valence-corrected chi connectivity index (χ3v) is 5.77. The fourth-order valence-corrected chi connectivity index (χ4v) is 4.03. The van der Waals surface area contributed by atoms with Gasteiger partial charge < -0.3 is 10.6 Å². The molecule has 0 aromatic heterocycles. The van der Waals surface area contributed by atoms with E-state index in [4.69, 9.17) is 0 Å². The lowest BCUT2D eigenvalue weighted by Gasteiger charge is -2.09. The monoisotopic (exact) mass is 416 g/mol. The first-order valence-corrected chi connectivity index (χ1v) is 11.5. The lowest BCUT2D eigenvalue weighted by atomic mass is 10.1. The highest BCUT2D eigenvalue weighted by Crippen LogP contribution is 2.15. The van der Waals surface area contributed by atoms with Crippen molar-refractivity contribution in [3.8, 4) is 0 Å². The summed E-state index contributed by atoms with van der Waals surface area (Å²) in [5, 5.41) is 5.37. The summed E-state index contributed by atoms with van der Waals surface area (Å²) in [6.45, 7) is 3.93. The molecule has 0 spiro atoms. The molecule has 0 fully saturated rings. The minimum absolute atomic E-state index is 0.0316. The van der Waals surface area contributed by atoms with Crippen LogP contribution in [0, 0.1) is 5.92 Å². The normalized spacial score (nSPS) is 11.3. The highest BCUT2D eigenvalue weighted by atomic mass is 32.2. The molecule has 0 radical (unpaired) electrons. The van der Waals surface area contributed by atoms with Crippen molar-refractivity contribution < 1.29 is 18.0 Å². The predicted molar refractivity (Wildman–Crippen MR) is 117 cm³/mol. The van der Waals surface area contributed by atoms with Gasteiger partial charge in [0.1, 0.15) is 5.75 Å². The van der Waals surface area contributed by atoms with Crippen molar-refractivity contribution >= 4 is 33.0 Å². The molecule has 2 N–H and O–H groups in total. The second-order valence-electron chi connectivity index (χ2n) is 7.45. The van der Waals surface area contributed by atoms with E-state index in [1.54, 1.807) is 24.3 Å². The zero-order valence-electron chi connectivity index (χ0n) is 16.9. The fourth-order valence-electron chi connectivity index (χ4n) is 2.83. The smallest absolute Gasteiger partial charge is 0.239 e. The van der Waals surface area contributed by atoms with Crippen LogP contribution in [0.5, 0.6) is 0 Å². The van der Waals surface area contributed by atoms with Crippen LogP contribution < -0.4 is 10.6 Å². The predicted octanol–water partition coefficient (Wildman–Crippen LogP) is 3.66. The molecule has 0 saturated carbocycles. The molecule has 29 heavy (non-hydrogen) atoms. The minimum atomic E-state index is -3.48. The summed E-state index contributed by atoms with van der Waals surface area (Å²) in [6.07, 6.45) is 1.57. The Morgan fingerprint density at radius 1 is 0.862 bits per heavy atom. The number of sulfone groups is 1. The Morgan fingerprint density at radius 3 is 1.97 bits per heavy atom. The molecule has 0 atom stereocenters. The summed E-state index contributed by atoms with van der Waals surface area (Å²) in [4.78, 5) is 23.9. The zero-order valence-corrected chi connectivity index (χ0v) is 17.7. The number of carbonyl (C=O) groups is 2. The molecule has 0 aliphatic heterocycles. The summed E-state index contributed by atoms with van der Waals surface area (Å²) in [7, 11) is -3.48. The largest absolute Gasteiger partial charge is 0.326 e. The van der Waals surface area contributed by atoms with Gasteiger partial charge in [-0.2, -0.15) is 0 Å². The molecule has 0 aliphatic carbocycles. The molecule has 2 rings (SSSR count). The van der Waals surface area contributed by atoms with Gasteiger partial charge in [-0.3, -0.25) is 9.59 Å². The maximum Gasteiger partial charge on any atom is 0.239 e. The third-order valence-electron chi connectivity index (χ3n) is 4.16. The Balaban J connectivity index is 1.79. The fraction of sp³-hybridized carbons (Fsp3) is 0.364. The van der Waals surface area contributed by atoms with Gasteiger partial charge in [0.05, 0.1) is 5.75 Å². The van der Waals surface area contributed by atoms with Crippen molar-refractivity contribution in [3.63, 3.8) is 0 Å². The van der Waals surface area contributed by atoms with Crippen molar-refractivity contribution in [2.75, 3.05) is 22.1 Å². The van der Waals surface area contributed by atoms with Crippen molar-refractivity contribution in [2.45, 2.75) is 33.1 Å². The third kappa shape index (κ3) is 8.91. The van der Waals surface area contributed by atoms with Crippen molar-refractivity contribution in [2.24, 2.45) is 5.92 Å². The quantitative estimate of drug-likeness (QED) is 0.618. The number of benzene rings is 2. The van der Waals surface area contributed by atoms with E-state index >= 15 is 0 Å². The molecule has 2 aromatic rings. The van der Waals surface area contributed by atoms with E-state index < -0.39 is 21.5 Å². The van der Waals surface area contributed by atoms with Crippen molar-refractivity contribution in [1.29, 1.82) is 0 Å². The van der Waals surface area contributed by atoms with Gasteiger partial charge in [-0.25, -0.2) is 8.42 Å². The second-order valence-corrected chi connectivity index (χ2v) is 9.64. The summed E-state index contributed by atoms with van der Waals surface area (Å²) in [5.41, 5.74) is 2.19. The lowest BCUT2D eigenvalue weighted by molar-refractivity contribution is -0.117. The number of carbonyl (C=O) groups excluding carboxylic acids is 2. The van der Waals surface area contributed by atoms with E-state index in [0.717, 1.165) is 5.56 Å². The summed E-state index contributed by atoms with van der Waals surface area (Å²) >= 11 is 0. The maximum absolute atomic E-state index is 12.2. The highest BCUT2D eigenvalue weighted by Gasteiger charge is 2.16. The molecule has 0 heterocycles. The van der Waals surface area contributed by atoms with Crippen LogP contribution >= 0.6 is 0 Å². The van der Waals surface area contributed by atoms with Crippen LogP contribution in [0.15, 0.2) is 54.6 Å². The SMILES string of the molecule is CC(C)CC(=O)Nc1ccc(NC(=O)CS(=O)(=O)CCCc2ccccc2)cc1. The summed E-state index contributed by atoms with van der Waals surface area (Å²) < 4.78 is 24.4. The van der Waals surface area contributed by atoms with E-state index in [0.29, 0.717) is 30.6 Å². The Morgan fingerprint density at radius 2 is 1.41 bits per heavy atom.